The van der Waals surface area contributed by atoms with Crippen molar-refractivity contribution in [1.29, 1.82) is 0 Å². The molecule has 0 saturated carbocycles. The van der Waals surface area contributed by atoms with Crippen LogP contribution in [0.2, 0.25) is 0 Å². The van der Waals surface area contributed by atoms with E-state index in [-0.39, 0.29) is 28.5 Å². The molecule has 2 heteroatoms. The molecule has 0 aliphatic rings. The van der Waals surface area contributed by atoms with Gasteiger partial charge in [-0.1, -0.05) is 139 Å². The SMILES string of the molecule is [2H]c1c([2H])c([2H])c2c(N(c3cccc(-c4ccc5ccccc5c4)c3)c3cccc(-c4cccc5oc6c7ccccc7ccc6c45)c3)c([2H])c([2H])c([2H])c2c1[2H]. The van der Waals surface area contributed by atoms with Gasteiger partial charge in [0.05, 0.1) is 15.3 Å². The summed E-state index contributed by atoms with van der Waals surface area (Å²) < 4.78 is 68.8. The minimum atomic E-state index is -0.496. The van der Waals surface area contributed by atoms with Crippen molar-refractivity contribution < 1.29 is 14.0 Å². The lowest BCUT2D eigenvalue weighted by Crippen LogP contribution is -2.10. The van der Waals surface area contributed by atoms with Crippen LogP contribution in [-0.4, -0.2) is 0 Å². The van der Waals surface area contributed by atoms with Crippen LogP contribution in [0.15, 0.2) is 192 Å². The van der Waals surface area contributed by atoms with Gasteiger partial charge in [0, 0.05) is 32.9 Å². The van der Waals surface area contributed by atoms with E-state index in [4.69, 9.17) is 12.6 Å². The van der Waals surface area contributed by atoms with Gasteiger partial charge in [0.25, 0.3) is 0 Å². The molecular weight excluding hydrogens is 607 g/mol. The van der Waals surface area contributed by atoms with Crippen LogP contribution >= 0.6 is 0 Å². The van der Waals surface area contributed by atoms with Gasteiger partial charge < -0.3 is 9.32 Å². The summed E-state index contributed by atoms with van der Waals surface area (Å²) in [5, 5.41) is 6.12. The Labute approximate surface area is 299 Å². The number of anilines is 3. The van der Waals surface area contributed by atoms with Crippen molar-refractivity contribution in [2.75, 3.05) is 4.90 Å². The monoisotopic (exact) mass is 644 g/mol. The molecule has 0 bridgehead atoms. The van der Waals surface area contributed by atoms with Crippen molar-refractivity contribution in [2.24, 2.45) is 0 Å². The normalized spacial score (nSPS) is 13.6. The highest BCUT2D eigenvalue weighted by atomic mass is 16.3. The summed E-state index contributed by atoms with van der Waals surface area (Å²) in [4.78, 5) is 1.79. The van der Waals surface area contributed by atoms with Gasteiger partial charge in [-0.05, 0) is 92.3 Å². The predicted octanol–water partition coefficient (Wildman–Crippen LogP) is 13.8. The van der Waals surface area contributed by atoms with Crippen molar-refractivity contribution in [3.63, 3.8) is 0 Å². The Hall–Kier alpha value is -6.64. The summed E-state index contributed by atoms with van der Waals surface area (Å²) in [6.07, 6.45) is 0. The lowest BCUT2D eigenvalue weighted by atomic mass is 9.97. The van der Waals surface area contributed by atoms with Crippen LogP contribution in [-0.2, 0) is 0 Å². The zero-order valence-electron chi connectivity index (χ0n) is 33.7. The number of nitrogens with zero attached hydrogens (tertiary/aromatic N) is 1. The van der Waals surface area contributed by atoms with Crippen molar-refractivity contribution >= 4 is 71.3 Å². The quantitative estimate of drug-likeness (QED) is 0.185. The summed E-state index contributed by atoms with van der Waals surface area (Å²) in [5.74, 6) is 0. The zero-order chi connectivity index (χ0) is 39.1. The lowest BCUT2D eigenvalue weighted by molar-refractivity contribution is 0.673. The third-order valence-corrected chi connectivity index (χ3v) is 9.51. The first-order valence-electron chi connectivity index (χ1n) is 20.0. The van der Waals surface area contributed by atoms with E-state index in [0.29, 0.717) is 11.4 Å². The fourth-order valence-electron chi connectivity index (χ4n) is 7.17. The fraction of sp³-hybridized carbons (Fsp3) is 0. The largest absolute Gasteiger partial charge is 0.455 e. The summed E-state index contributed by atoms with van der Waals surface area (Å²) in [5.41, 5.74) is 6.47. The molecule has 1 aromatic heterocycles. The van der Waals surface area contributed by atoms with Gasteiger partial charge in [-0.2, -0.15) is 0 Å². The lowest BCUT2D eigenvalue weighted by Gasteiger charge is -2.28. The number of rotatable bonds is 5. The second kappa shape index (κ2) is 11.5. The Morgan fingerprint density at radius 2 is 1.14 bits per heavy atom. The minimum absolute atomic E-state index is 0.00307. The molecule has 0 fully saturated rings. The Kier molecular flexibility index (Phi) is 5.08. The van der Waals surface area contributed by atoms with Crippen LogP contribution in [0.25, 0.3) is 76.5 Å². The molecule has 234 valence electrons. The molecule has 0 amide bonds. The average Bonchev–Trinajstić information content (AvgIpc) is 3.65. The summed E-state index contributed by atoms with van der Waals surface area (Å²) in [7, 11) is 0. The molecular formula is C48H31NO. The fourth-order valence-corrected chi connectivity index (χ4v) is 7.17. The number of fused-ring (bicyclic) bond motifs is 7. The first-order valence-corrected chi connectivity index (χ1v) is 16.5. The van der Waals surface area contributed by atoms with Crippen LogP contribution in [0.1, 0.15) is 9.60 Å². The van der Waals surface area contributed by atoms with Crippen molar-refractivity contribution in [1.82, 2.24) is 0 Å². The molecule has 0 aliphatic carbocycles. The number of benzene rings is 9. The Bertz CT molecular complexity index is 3290. The molecule has 0 spiro atoms. The molecule has 0 saturated heterocycles. The smallest absolute Gasteiger partial charge is 0.143 e. The summed E-state index contributed by atoms with van der Waals surface area (Å²) in [6, 6.07) is 45.4. The molecule has 0 aliphatic heterocycles. The van der Waals surface area contributed by atoms with Crippen LogP contribution in [0.3, 0.4) is 0 Å². The second-order valence-electron chi connectivity index (χ2n) is 12.4. The summed E-state index contributed by atoms with van der Waals surface area (Å²) in [6.45, 7) is 0. The van der Waals surface area contributed by atoms with Gasteiger partial charge in [0.15, 0.2) is 0 Å². The van der Waals surface area contributed by atoms with Crippen molar-refractivity contribution in [3.05, 3.63) is 188 Å². The predicted molar refractivity (Wildman–Crippen MR) is 212 cm³/mol. The Morgan fingerprint density at radius 1 is 0.440 bits per heavy atom. The van der Waals surface area contributed by atoms with E-state index < -0.39 is 30.2 Å². The first-order chi connectivity index (χ1) is 27.7. The maximum absolute atomic E-state index is 9.39. The third kappa shape index (κ3) is 4.65. The van der Waals surface area contributed by atoms with E-state index in [1.54, 1.807) is 4.90 Å². The van der Waals surface area contributed by atoms with E-state index in [0.717, 1.165) is 65.7 Å². The molecule has 10 rings (SSSR count). The number of hydrogen-bond donors (Lipinski definition) is 0. The van der Waals surface area contributed by atoms with E-state index in [1.807, 2.05) is 84.9 Å². The standard InChI is InChI=1S/C48H31NO/c1-2-14-35-29-37(26-25-32(35)11-1)36-16-7-18-39(30-36)49(45-23-9-15-33-12-3-5-20-41(33)45)40-19-8-17-38(31-40)42-22-10-24-46-47(42)44-28-27-34-13-4-6-21-43(34)48(44)50-46/h1-31H/i3D,5D,9D,12D,15D,20D,23D. The van der Waals surface area contributed by atoms with Crippen molar-refractivity contribution in [3.8, 4) is 22.3 Å². The van der Waals surface area contributed by atoms with E-state index in [9.17, 15) is 1.37 Å². The highest BCUT2D eigenvalue weighted by Gasteiger charge is 2.19. The van der Waals surface area contributed by atoms with Crippen LogP contribution in [0.4, 0.5) is 17.1 Å². The van der Waals surface area contributed by atoms with Crippen LogP contribution < -0.4 is 4.90 Å². The van der Waals surface area contributed by atoms with E-state index >= 15 is 0 Å². The molecule has 2 nitrogen and oxygen atoms in total. The van der Waals surface area contributed by atoms with Crippen molar-refractivity contribution in [2.45, 2.75) is 0 Å². The van der Waals surface area contributed by atoms with Gasteiger partial charge >= 0.3 is 0 Å². The maximum Gasteiger partial charge on any atom is 0.143 e. The van der Waals surface area contributed by atoms with Gasteiger partial charge in [-0.15, -0.1) is 0 Å². The molecule has 0 unspecified atom stereocenters. The van der Waals surface area contributed by atoms with E-state index in [1.165, 1.54) is 0 Å². The molecule has 10 aromatic rings. The molecule has 50 heavy (non-hydrogen) atoms. The molecule has 0 atom stereocenters. The maximum atomic E-state index is 9.39. The second-order valence-corrected chi connectivity index (χ2v) is 12.4. The molecule has 1 heterocycles. The highest BCUT2D eigenvalue weighted by molar-refractivity contribution is 6.19. The average molecular weight is 645 g/mol. The third-order valence-electron chi connectivity index (χ3n) is 9.51. The van der Waals surface area contributed by atoms with Gasteiger partial charge in [-0.3, -0.25) is 0 Å². The van der Waals surface area contributed by atoms with E-state index in [2.05, 4.69) is 60.7 Å². The minimum Gasteiger partial charge on any atom is -0.455 e. The topological polar surface area (TPSA) is 16.4 Å². The molecule has 0 N–H and O–H groups in total. The van der Waals surface area contributed by atoms with Gasteiger partial charge in [0.2, 0.25) is 0 Å². The van der Waals surface area contributed by atoms with Gasteiger partial charge in [-0.25, -0.2) is 0 Å². The highest BCUT2D eigenvalue weighted by Crippen LogP contribution is 2.44. The van der Waals surface area contributed by atoms with Gasteiger partial charge in [0.1, 0.15) is 11.2 Å². The molecule has 9 aromatic carbocycles. The summed E-state index contributed by atoms with van der Waals surface area (Å²) >= 11 is 0. The Balaban J connectivity index is 1.25. The number of hydrogen-bond acceptors (Lipinski definition) is 2. The first kappa shape index (κ1) is 22.1. The zero-order valence-corrected chi connectivity index (χ0v) is 26.7. The molecule has 0 radical (unpaired) electrons. The van der Waals surface area contributed by atoms with Crippen LogP contribution in [0.5, 0.6) is 0 Å². The number of furan rings is 1. The van der Waals surface area contributed by atoms with Crippen LogP contribution in [0, 0.1) is 0 Å². The Morgan fingerprint density at radius 3 is 2.04 bits per heavy atom.